The van der Waals surface area contributed by atoms with E-state index in [2.05, 4.69) is 0 Å². The zero-order chi connectivity index (χ0) is 17.4. The number of amides is 2. The van der Waals surface area contributed by atoms with Gasteiger partial charge in [0.2, 0.25) is 0 Å². The first-order valence-electron chi connectivity index (χ1n) is 7.81. The fourth-order valence-corrected chi connectivity index (χ4v) is 3.20. The van der Waals surface area contributed by atoms with Gasteiger partial charge in [0.05, 0.1) is 12.6 Å². The van der Waals surface area contributed by atoms with Gasteiger partial charge in [-0.15, -0.1) is 0 Å². The first-order valence-corrected chi connectivity index (χ1v) is 7.81. The number of aldehydes is 1. The molecule has 23 heavy (non-hydrogen) atoms. The number of hydrogen-bond acceptors (Lipinski definition) is 6. The highest BCUT2D eigenvalue weighted by molar-refractivity contribution is 5.98. The molecule has 0 radical (unpaired) electrons. The molecule has 8 heteroatoms. The molecule has 0 bridgehead atoms. The number of aliphatic hydroxyl groups is 1. The molecule has 2 fully saturated rings. The molecule has 2 saturated heterocycles. The van der Waals surface area contributed by atoms with Crippen molar-refractivity contribution in [3.05, 3.63) is 0 Å². The Morgan fingerprint density at radius 1 is 1.52 bits per heavy atom. The lowest BCUT2D eigenvalue weighted by atomic mass is 9.83. The van der Waals surface area contributed by atoms with Crippen LogP contribution in [-0.4, -0.2) is 76.1 Å². The van der Waals surface area contributed by atoms with Crippen LogP contribution in [0.2, 0.25) is 0 Å². The third kappa shape index (κ3) is 3.05. The van der Waals surface area contributed by atoms with E-state index in [0.717, 1.165) is 0 Å². The maximum Gasteiger partial charge on any atom is 0.411 e. The lowest BCUT2D eigenvalue weighted by Gasteiger charge is -2.53. The second-order valence-corrected chi connectivity index (χ2v) is 7.13. The van der Waals surface area contributed by atoms with Gasteiger partial charge in [-0.3, -0.25) is 9.69 Å². The van der Waals surface area contributed by atoms with Crippen molar-refractivity contribution in [2.45, 2.75) is 56.9 Å². The smallest absolute Gasteiger partial charge is 0.411 e. The first kappa shape index (κ1) is 17.7. The van der Waals surface area contributed by atoms with E-state index in [-0.39, 0.29) is 19.0 Å². The molecule has 0 aliphatic carbocycles. The second kappa shape index (κ2) is 6.09. The molecule has 0 aromatic rings. The summed E-state index contributed by atoms with van der Waals surface area (Å²) in [5.74, 6) is -0.328. The standard InChI is InChI=1S/C15H25N3O5/c1-14(2,3)23-13(22)18-6-4-5-15(18)9-17(12(15)21)10(8-19)11(20)7-16/h8,10-11,20H,4-7,9,16H2,1-3H3/t10-,11-,15+/m1/s1. The summed E-state index contributed by atoms with van der Waals surface area (Å²) in [6, 6.07) is -0.973. The molecule has 2 heterocycles. The third-order valence-corrected chi connectivity index (χ3v) is 4.33. The molecular weight excluding hydrogens is 302 g/mol. The Labute approximate surface area is 135 Å². The zero-order valence-electron chi connectivity index (χ0n) is 13.8. The third-order valence-electron chi connectivity index (χ3n) is 4.33. The van der Waals surface area contributed by atoms with Gasteiger partial charge >= 0.3 is 6.09 Å². The van der Waals surface area contributed by atoms with Gasteiger partial charge in [0.1, 0.15) is 23.5 Å². The van der Waals surface area contributed by atoms with Crippen LogP contribution in [0.3, 0.4) is 0 Å². The molecule has 0 unspecified atom stereocenters. The lowest BCUT2D eigenvalue weighted by molar-refractivity contribution is -0.169. The molecule has 0 saturated carbocycles. The summed E-state index contributed by atoms with van der Waals surface area (Å²) in [6.07, 6.45) is 0.125. The van der Waals surface area contributed by atoms with Crippen LogP contribution in [0, 0.1) is 0 Å². The van der Waals surface area contributed by atoms with Gasteiger partial charge in [-0.05, 0) is 33.6 Å². The van der Waals surface area contributed by atoms with E-state index in [9.17, 15) is 19.5 Å². The average Bonchev–Trinajstić information content (AvgIpc) is 2.91. The number of rotatable bonds is 4. The predicted octanol–water partition coefficient (Wildman–Crippen LogP) is -0.515. The number of nitrogens with zero attached hydrogens (tertiary/aromatic N) is 2. The molecule has 2 amide bonds. The number of carbonyl (C=O) groups excluding carboxylic acids is 3. The monoisotopic (exact) mass is 327 g/mol. The molecule has 0 aromatic carbocycles. The highest BCUT2D eigenvalue weighted by Gasteiger charge is 2.62. The van der Waals surface area contributed by atoms with Crippen molar-refractivity contribution in [2.24, 2.45) is 5.73 Å². The van der Waals surface area contributed by atoms with Gasteiger partial charge in [-0.1, -0.05) is 0 Å². The molecular formula is C15H25N3O5. The Hall–Kier alpha value is -1.67. The summed E-state index contributed by atoms with van der Waals surface area (Å²) in [5, 5.41) is 9.77. The van der Waals surface area contributed by atoms with Crippen LogP contribution < -0.4 is 5.73 Å². The molecule has 3 atom stereocenters. The van der Waals surface area contributed by atoms with Crippen LogP contribution in [0.4, 0.5) is 4.79 Å². The number of hydrogen-bond donors (Lipinski definition) is 2. The van der Waals surface area contributed by atoms with E-state index in [0.29, 0.717) is 25.7 Å². The van der Waals surface area contributed by atoms with Gasteiger partial charge in [-0.25, -0.2) is 4.79 Å². The fourth-order valence-electron chi connectivity index (χ4n) is 3.20. The maximum atomic E-state index is 12.7. The van der Waals surface area contributed by atoms with E-state index < -0.39 is 29.4 Å². The van der Waals surface area contributed by atoms with E-state index in [1.165, 1.54) is 9.80 Å². The predicted molar refractivity (Wildman–Crippen MR) is 81.5 cm³/mol. The van der Waals surface area contributed by atoms with Crippen molar-refractivity contribution in [3.8, 4) is 0 Å². The van der Waals surface area contributed by atoms with E-state index in [1.807, 2.05) is 0 Å². The van der Waals surface area contributed by atoms with Crippen molar-refractivity contribution in [3.63, 3.8) is 0 Å². The minimum absolute atomic E-state index is 0.115. The summed E-state index contributed by atoms with van der Waals surface area (Å²) < 4.78 is 5.37. The van der Waals surface area contributed by atoms with Crippen LogP contribution in [-0.2, 0) is 14.3 Å². The second-order valence-electron chi connectivity index (χ2n) is 7.13. The largest absolute Gasteiger partial charge is 0.444 e. The van der Waals surface area contributed by atoms with Gasteiger partial charge in [0.25, 0.3) is 5.91 Å². The van der Waals surface area contributed by atoms with Crippen LogP contribution in [0.25, 0.3) is 0 Å². The molecule has 130 valence electrons. The first-order chi connectivity index (χ1) is 10.7. The van der Waals surface area contributed by atoms with Crippen LogP contribution in [0.15, 0.2) is 0 Å². The highest BCUT2D eigenvalue weighted by Crippen LogP contribution is 2.40. The van der Waals surface area contributed by atoms with Crippen molar-refractivity contribution < 1.29 is 24.2 Å². The maximum absolute atomic E-state index is 12.7. The van der Waals surface area contributed by atoms with E-state index in [4.69, 9.17) is 10.5 Å². The Bertz CT molecular complexity index is 504. The number of aliphatic hydroxyl groups excluding tert-OH is 1. The summed E-state index contributed by atoms with van der Waals surface area (Å²) in [5.41, 5.74) is 3.78. The number of carbonyl (C=O) groups is 3. The number of likely N-dealkylation sites (tertiary alicyclic amines) is 2. The SMILES string of the molecule is CC(C)(C)OC(=O)N1CCC[C@@]12CN([C@H](C=O)[C@H](O)CN)C2=O. The Balaban J connectivity index is 2.13. The van der Waals surface area contributed by atoms with Crippen LogP contribution in [0.5, 0.6) is 0 Å². The van der Waals surface area contributed by atoms with E-state index in [1.54, 1.807) is 20.8 Å². The van der Waals surface area contributed by atoms with Gasteiger partial charge in [0.15, 0.2) is 0 Å². The molecule has 3 N–H and O–H groups in total. The molecule has 0 aromatic heterocycles. The van der Waals surface area contributed by atoms with Crippen LogP contribution in [0.1, 0.15) is 33.6 Å². The van der Waals surface area contributed by atoms with Crippen LogP contribution >= 0.6 is 0 Å². The van der Waals surface area contributed by atoms with Crippen molar-refractivity contribution in [1.29, 1.82) is 0 Å². The van der Waals surface area contributed by atoms with Crippen molar-refractivity contribution in [1.82, 2.24) is 9.80 Å². The summed E-state index contributed by atoms with van der Waals surface area (Å²) in [7, 11) is 0. The highest BCUT2D eigenvalue weighted by atomic mass is 16.6. The summed E-state index contributed by atoms with van der Waals surface area (Å²) in [4.78, 5) is 38.9. The van der Waals surface area contributed by atoms with Gasteiger partial charge in [-0.2, -0.15) is 0 Å². The number of β-lactam (4-membered cyclic amide) rings is 1. The molecule has 2 rings (SSSR count). The summed E-state index contributed by atoms with van der Waals surface area (Å²) in [6.45, 7) is 5.84. The molecule has 2 aliphatic rings. The Morgan fingerprint density at radius 2 is 2.17 bits per heavy atom. The van der Waals surface area contributed by atoms with E-state index >= 15 is 0 Å². The Morgan fingerprint density at radius 3 is 2.65 bits per heavy atom. The van der Waals surface area contributed by atoms with Gasteiger partial charge in [0, 0.05) is 13.1 Å². The average molecular weight is 327 g/mol. The minimum Gasteiger partial charge on any atom is -0.444 e. The van der Waals surface area contributed by atoms with Gasteiger partial charge < -0.3 is 25.3 Å². The normalized spacial score (nSPS) is 26.9. The fraction of sp³-hybridized carbons (Fsp3) is 0.800. The molecule has 1 spiro atoms. The zero-order valence-corrected chi connectivity index (χ0v) is 13.8. The number of ether oxygens (including phenoxy) is 1. The topological polar surface area (TPSA) is 113 Å². The summed E-state index contributed by atoms with van der Waals surface area (Å²) >= 11 is 0. The lowest BCUT2D eigenvalue weighted by Crippen LogP contribution is -2.76. The minimum atomic E-state index is -1.11. The van der Waals surface area contributed by atoms with Crippen molar-refractivity contribution in [2.75, 3.05) is 19.6 Å². The number of nitrogens with two attached hydrogens (primary N) is 1. The quantitative estimate of drug-likeness (QED) is 0.531. The Kier molecular flexibility index (Phi) is 4.68. The molecule has 8 nitrogen and oxygen atoms in total. The molecule has 2 aliphatic heterocycles. The van der Waals surface area contributed by atoms with Crippen molar-refractivity contribution >= 4 is 18.3 Å².